The van der Waals surface area contributed by atoms with Crippen molar-refractivity contribution in [3.63, 3.8) is 0 Å². The Hall–Kier alpha value is 0.520. The molecule has 0 saturated heterocycles. The van der Waals surface area contributed by atoms with Crippen molar-refractivity contribution in [3.05, 3.63) is 25.7 Å². The Morgan fingerprint density at radius 1 is 1.58 bits per heavy atom. The third kappa shape index (κ3) is 2.06. The van der Waals surface area contributed by atoms with Gasteiger partial charge in [0.25, 0.3) is 0 Å². The van der Waals surface area contributed by atoms with E-state index in [1.807, 2.05) is 12.1 Å². The third-order valence-electron chi connectivity index (χ3n) is 1.48. The molecule has 0 spiro atoms. The van der Waals surface area contributed by atoms with Crippen LogP contribution in [0.25, 0.3) is 0 Å². The molecule has 0 heterocycles. The van der Waals surface area contributed by atoms with Crippen LogP contribution in [0.2, 0.25) is 0 Å². The normalized spacial score (nSPS) is 10.0. The summed E-state index contributed by atoms with van der Waals surface area (Å²) in [4.78, 5) is 0. The van der Waals surface area contributed by atoms with Crippen molar-refractivity contribution in [2.45, 2.75) is 5.88 Å². The largest absolute Gasteiger partial charge is 0.495 e. The fourth-order valence-corrected chi connectivity index (χ4v) is 2.17. The van der Waals surface area contributed by atoms with E-state index in [0.29, 0.717) is 5.88 Å². The average Bonchev–Trinajstić information content (AvgIpc) is 2.09. The number of hydrogen-bond acceptors (Lipinski definition) is 1. The van der Waals surface area contributed by atoms with Crippen molar-refractivity contribution in [1.29, 1.82) is 0 Å². The van der Waals surface area contributed by atoms with Crippen molar-refractivity contribution < 1.29 is 4.74 Å². The monoisotopic (exact) mass is 360 g/mol. The first kappa shape index (κ1) is 10.6. The number of benzene rings is 1. The second-order valence-electron chi connectivity index (χ2n) is 2.19. The minimum atomic E-state index is 0.479. The van der Waals surface area contributed by atoms with E-state index in [0.717, 1.165) is 19.4 Å². The Labute approximate surface area is 98.7 Å². The maximum Gasteiger partial charge on any atom is 0.137 e. The second kappa shape index (κ2) is 4.67. The third-order valence-corrected chi connectivity index (χ3v) is 4.24. The minimum Gasteiger partial charge on any atom is -0.495 e. The molecule has 0 amide bonds. The summed E-state index contributed by atoms with van der Waals surface area (Å²) < 4.78 is 7.33. The van der Waals surface area contributed by atoms with E-state index in [9.17, 15) is 0 Å². The summed E-state index contributed by atoms with van der Waals surface area (Å²) in [6.45, 7) is 0. The zero-order chi connectivity index (χ0) is 9.14. The minimum absolute atomic E-state index is 0.479. The lowest BCUT2D eigenvalue weighted by Crippen LogP contribution is -1.93. The van der Waals surface area contributed by atoms with Crippen LogP contribution in [0.15, 0.2) is 16.6 Å². The van der Waals surface area contributed by atoms with Gasteiger partial charge in [0.2, 0.25) is 0 Å². The number of methoxy groups -OCH3 is 1. The van der Waals surface area contributed by atoms with Gasteiger partial charge in [0, 0.05) is 10.0 Å². The van der Waals surface area contributed by atoms with Gasteiger partial charge >= 0.3 is 0 Å². The van der Waals surface area contributed by atoms with Gasteiger partial charge in [-0.15, -0.1) is 11.6 Å². The lowest BCUT2D eigenvalue weighted by atomic mass is 10.2. The maximum absolute atomic E-state index is 5.74. The first-order valence-corrected chi connectivity index (χ1v) is 5.68. The van der Waals surface area contributed by atoms with Crippen molar-refractivity contribution in [2.24, 2.45) is 0 Å². The summed E-state index contributed by atoms with van der Waals surface area (Å²) in [5.41, 5.74) is 1.02. The molecule has 12 heavy (non-hydrogen) atoms. The van der Waals surface area contributed by atoms with Crippen LogP contribution in [0.5, 0.6) is 5.75 Å². The van der Waals surface area contributed by atoms with Crippen molar-refractivity contribution in [2.75, 3.05) is 7.11 Å². The quantitative estimate of drug-likeness (QED) is 0.575. The molecule has 0 unspecified atom stereocenters. The Morgan fingerprint density at radius 3 is 2.75 bits per heavy atom. The zero-order valence-corrected chi connectivity index (χ0v) is 10.9. The SMILES string of the molecule is COc1c(CCl)ccc(Br)c1I. The molecule has 0 atom stereocenters. The van der Waals surface area contributed by atoms with Gasteiger partial charge in [0.15, 0.2) is 0 Å². The van der Waals surface area contributed by atoms with Crippen molar-refractivity contribution in [1.82, 2.24) is 0 Å². The van der Waals surface area contributed by atoms with Crippen molar-refractivity contribution >= 4 is 50.1 Å². The van der Waals surface area contributed by atoms with Gasteiger partial charge in [0.05, 0.1) is 16.6 Å². The van der Waals surface area contributed by atoms with Gasteiger partial charge in [-0.1, -0.05) is 6.07 Å². The molecule has 0 saturated carbocycles. The maximum atomic E-state index is 5.74. The molecule has 0 fully saturated rings. The van der Waals surface area contributed by atoms with E-state index in [-0.39, 0.29) is 0 Å². The number of alkyl halides is 1. The van der Waals surface area contributed by atoms with Crippen LogP contribution >= 0.6 is 50.1 Å². The molecule has 0 aromatic heterocycles. The topological polar surface area (TPSA) is 9.23 Å². The van der Waals surface area contributed by atoms with Gasteiger partial charge in [0.1, 0.15) is 5.75 Å². The van der Waals surface area contributed by atoms with E-state index in [2.05, 4.69) is 38.5 Å². The van der Waals surface area contributed by atoms with Gasteiger partial charge in [-0.25, -0.2) is 0 Å². The van der Waals surface area contributed by atoms with Gasteiger partial charge in [-0.05, 0) is 44.6 Å². The molecule has 66 valence electrons. The summed E-state index contributed by atoms with van der Waals surface area (Å²) >= 11 is 11.4. The Bertz CT molecular complexity index is 291. The van der Waals surface area contributed by atoms with E-state index >= 15 is 0 Å². The van der Waals surface area contributed by atoms with E-state index in [1.165, 1.54) is 0 Å². The number of halogens is 3. The molecular formula is C8H7BrClIO. The summed E-state index contributed by atoms with van der Waals surface area (Å²) in [6.07, 6.45) is 0. The van der Waals surface area contributed by atoms with Crippen LogP contribution in [0, 0.1) is 3.57 Å². The van der Waals surface area contributed by atoms with Crippen LogP contribution in [0.1, 0.15) is 5.56 Å². The number of hydrogen-bond donors (Lipinski definition) is 0. The lowest BCUT2D eigenvalue weighted by Gasteiger charge is -2.08. The van der Waals surface area contributed by atoms with Crippen LogP contribution in [0.4, 0.5) is 0 Å². The van der Waals surface area contributed by atoms with Crippen LogP contribution < -0.4 is 4.74 Å². The standard InChI is InChI=1S/C8H7BrClIO/c1-12-8-5(4-10)2-3-6(9)7(8)11/h2-3H,4H2,1H3. The predicted molar refractivity (Wildman–Crippen MR) is 63.0 cm³/mol. The Kier molecular flexibility index (Phi) is 4.13. The summed E-state index contributed by atoms with van der Waals surface area (Å²) in [5, 5.41) is 0. The van der Waals surface area contributed by atoms with Crippen molar-refractivity contribution in [3.8, 4) is 5.75 Å². The Morgan fingerprint density at radius 2 is 2.25 bits per heavy atom. The van der Waals surface area contributed by atoms with Gasteiger partial charge in [-0.2, -0.15) is 0 Å². The molecule has 0 radical (unpaired) electrons. The molecule has 4 heteroatoms. The molecular weight excluding hydrogens is 354 g/mol. The highest BCUT2D eigenvalue weighted by molar-refractivity contribution is 14.1. The van der Waals surface area contributed by atoms with Gasteiger partial charge < -0.3 is 4.74 Å². The molecule has 1 rings (SSSR count). The molecule has 0 aliphatic rings. The fraction of sp³-hybridized carbons (Fsp3) is 0.250. The average molecular weight is 361 g/mol. The molecule has 1 aromatic rings. The van der Waals surface area contributed by atoms with E-state index in [1.54, 1.807) is 7.11 Å². The molecule has 1 nitrogen and oxygen atoms in total. The summed E-state index contributed by atoms with van der Waals surface area (Å²) in [5.74, 6) is 1.34. The van der Waals surface area contributed by atoms with Crippen LogP contribution in [-0.4, -0.2) is 7.11 Å². The fourth-order valence-electron chi connectivity index (χ4n) is 0.898. The lowest BCUT2D eigenvalue weighted by molar-refractivity contribution is 0.408. The molecule has 1 aromatic carbocycles. The Balaban J connectivity index is 3.25. The van der Waals surface area contributed by atoms with Crippen LogP contribution in [0.3, 0.4) is 0 Å². The molecule has 0 aliphatic carbocycles. The zero-order valence-electron chi connectivity index (χ0n) is 6.40. The molecule has 0 bridgehead atoms. The smallest absolute Gasteiger partial charge is 0.137 e. The van der Waals surface area contributed by atoms with E-state index < -0.39 is 0 Å². The summed E-state index contributed by atoms with van der Waals surface area (Å²) in [6, 6.07) is 3.93. The van der Waals surface area contributed by atoms with Crippen LogP contribution in [-0.2, 0) is 5.88 Å². The first-order chi connectivity index (χ1) is 5.70. The van der Waals surface area contributed by atoms with Gasteiger partial charge in [-0.3, -0.25) is 0 Å². The number of rotatable bonds is 2. The summed E-state index contributed by atoms with van der Waals surface area (Å²) in [7, 11) is 1.65. The highest BCUT2D eigenvalue weighted by Gasteiger charge is 2.08. The highest BCUT2D eigenvalue weighted by Crippen LogP contribution is 2.32. The van der Waals surface area contributed by atoms with E-state index in [4.69, 9.17) is 16.3 Å². The predicted octanol–water partition coefficient (Wildman–Crippen LogP) is 3.80. The number of ether oxygens (including phenoxy) is 1. The second-order valence-corrected chi connectivity index (χ2v) is 4.39. The first-order valence-electron chi connectivity index (χ1n) is 3.27. The molecule has 0 aliphatic heterocycles. The highest BCUT2D eigenvalue weighted by atomic mass is 127. The molecule has 0 N–H and O–H groups in total.